The van der Waals surface area contributed by atoms with E-state index >= 15 is 0 Å². The lowest BCUT2D eigenvalue weighted by molar-refractivity contribution is -0.112. The quantitative estimate of drug-likeness (QED) is 0.715. The maximum absolute atomic E-state index is 10.9. The van der Waals surface area contributed by atoms with Gasteiger partial charge < -0.3 is 0 Å². The van der Waals surface area contributed by atoms with Crippen molar-refractivity contribution in [1.29, 1.82) is 0 Å². The van der Waals surface area contributed by atoms with Gasteiger partial charge in [-0.05, 0) is 43.0 Å². The molecule has 1 aliphatic carbocycles. The number of hydrogen-bond donors (Lipinski definition) is 0. The van der Waals surface area contributed by atoms with Gasteiger partial charge in [0.1, 0.15) is 0 Å². The highest BCUT2D eigenvalue weighted by molar-refractivity contribution is 7.12. The minimum absolute atomic E-state index is 0.101. The highest BCUT2D eigenvalue weighted by Crippen LogP contribution is 2.50. The van der Waals surface area contributed by atoms with E-state index < -0.39 is 0 Å². The topological polar surface area (TPSA) is 17.1 Å². The number of carbonyl (C=O) groups excluding carboxylic acids is 1. The van der Waals surface area contributed by atoms with E-state index in [-0.39, 0.29) is 11.2 Å². The van der Waals surface area contributed by atoms with E-state index in [9.17, 15) is 4.79 Å². The minimum atomic E-state index is -0.163. The van der Waals surface area contributed by atoms with Crippen LogP contribution >= 0.6 is 22.9 Å². The molecule has 3 heteroatoms. The van der Waals surface area contributed by atoms with Gasteiger partial charge in [0.15, 0.2) is 0 Å². The van der Waals surface area contributed by atoms with Gasteiger partial charge in [0.05, 0.1) is 0 Å². The summed E-state index contributed by atoms with van der Waals surface area (Å²) in [6.45, 7) is 2.21. The predicted molar refractivity (Wildman–Crippen MR) is 64.6 cm³/mol. The first-order valence-corrected chi connectivity index (χ1v) is 6.69. The number of aryl methyl sites for hydroxylation is 1. The largest absolute Gasteiger partial charge is 0.281 e. The van der Waals surface area contributed by atoms with E-state index in [1.807, 2.05) is 11.3 Å². The van der Waals surface area contributed by atoms with Gasteiger partial charge in [0.2, 0.25) is 5.24 Å². The van der Waals surface area contributed by atoms with E-state index in [0.29, 0.717) is 5.92 Å². The highest BCUT2D eigenvalue weighted by atomic mass is 35.5. The SMILES string of the molecule is CCCCc1ccc(C2CC2C(=O)Cl)s1. The molecule has 1 heterocycles. The molecule has 2 rings (SSSR count). The van der Waals surface area contributed by atoms with Gasteiger partial charge in [-0.25, -0.2) is 0 Å². The van der Waals surface area contributed by atoms with Crippen molar-refractivity contribution in [3.63, 3.8) is 0 Å². The first kappa shape index (κ1) is 11.2. The summed E-state index contributed by atoms with van der Waals surface area (Å²) >= 11 is 7.33. The maximum Gasteiger partial charge on any atom is 0.225 e. The normalized spacial score (nSPS) is 24.1. The molecule has 1 aromatic heterocycles. The molecule has 1 nitrogen and oxygen atoms in total. The van der Waals surface area contributed by atoms with Crippen molar-refractivity contribution in [2.45, 2.75) is 38.5 Å². The van der Waals surface area contributed by atoms with Crippen LogP contribution in [0.25, 0.3) is 0 Å². The average molecular weight is 243 g/mol. The van der Waals surface area contributed by atoms with Crippen LogP contribution in [0.5, 0.6) is 0 Å². The molecule has 0 amide bonds. The van der Waals surface area contributed by atoms with Crippen molar-refractivity contribution in [2.24, 2.45) is 5.92 Å². The zero-order valence-corrected chi connectivity index (χ0v) is 10.4. The summed E-state index contributed by atoms with van der Waals surface area (Å²) in [5, 5.41) is -0.163. The number of unbranched alkanes of at least 4 members (excludes halogenated alkanes) is 1. The smallest absolute Gasteiger partial charge is 0.225 e. The van der Waals surface area contributed by atoms with Gasteiger partial charge >= 0.3 is 0 Å². The Morgan fingerprint density at radius 3 is 3.00 bits per heavy atom. The van der Waals surface area contributed by atoms with Crippen molar-refractivity contribution >= 4 is 28.2 Å². The van der Waals surface area contributed by atoms with Gasteiger partial charge in [-0.3, -0.25) is 4.79 Å². The molecule has 2 atom stereocenters. The molecule has 0 aliphatic heterocycles. The van der Waals surface area contributed by atoms with Crippen molar-refractivity contribution in [2.75, 3.05) is 0 Å². The molecule has 0 N–H and O–H groups in total. The Morgan fingerprint density at radius 2 is 2.40 bits per heavy atom. The third kappa shape index (κ3) is 2.61. The Balaban J connectivity index is 1.94. The zero-order valence-electron chi connectivity index (χ0n) is 8.83. The summed E-state index contributed by atoms with van der Waals surface area (Å²) in [7, 11) is 0. The van der Waals surface area contributed by atoms with E-state index in [4.69, 9.17) is 11.6 Å². The summed E-state index contributed by atoms with van der Waals surface area (Å²) < 4.78 is 0. The second-order valence-corrected chi connectivity index (χ2v) is 5.73. The lowest BCUT2D eigenvalue weighted by Crippen LogP contribution is -1.89. The van der Waals surface area contributed by atoms with Crippen LogP contribution in [-0.2, 0) is 11.2 Å². The monoisotopic (exact) mass is 242 g/mol. The molecule has 1 fully saturated rings. The first-order chi connectivity index (χ1) is 7.22. The van der Waals surface area contributed by atoms with Crippen molar-refractivity contribution < 1.29 is 4.79 Å². The van der Waals surface area contributed by atoms with E-state index in [1.54, 1.807) is 0 Å². The fourth-order valence-electron chi connectivity index (χ4n) is 1.84. The molecule has 82 valence electrons. The summed E-state index contributed by atoms with van der Waals surface area (Å²) in [5.41, 5.74) is 0. The van der Waals surface area contributed by atoms with Gasteiger partial charge in [-0.1, -0.05) is 13.3 Å². The standard InChI is InChI=1S/C12H15ClOS/c1-2-3-4-8-5-6-11(15-8)9-7-10(9)12(13)14/h5-6,9-10H,2-4,7H2,1H3. The van der Waals surface area contributed by atoms with Gasteiger partial charge in [-0.15, -0.1) is 11.3 Å². The maximum atomic E-state index is 10.9. The Hall–Kier alpha value is -0.340. The average Bonchev–Trinajstić information content (AvgIpc) is 2.89. The van der Waals surface area contributed by atoms with Crippen LogP contribution in [0.4, 0.5) is 0 Å². The van der Waals surface area contributed by atoms with Crippen LogP contribution in [-0.4, -0.2) is 5.24 Å². The summed E-state index contributed by atoms with van der Waals surface area (Å²) in [4.78, 5) is 13.7. The Kier molecular flexibility index (Phi) is 3.47. The third-order valence-electron chi connectivity index (χ3n) is 2.91. The van der Waals surface area contributed by atoms with Gasteiger partial charge in [-0.2, -0.15) is 0 Å². The molecular weight excluding hydrogens is 228 g/mol. The summed E-state index contributed by atoms with van der Waals surface area (Å²) in [6, 6.07) is 4.36. The van der Waals surface area contributed by atoms with Crippen molar-refractivity contribution in [1.82, 2.24) is 0 Å². The van der Waals surface area contributed by atoms with Crippen LogP contribution in [0.3, 0.4) is 0 Å². The van der Waals surface area contributed by atoms with Crippen LogP contribution in [0.2, 0.25) is 0 Å². The molecule has 1 aliphatic rings. The van der Waals surface area contributed by atoms with E-state index in [2.05, 4.69) is 19.1 Å². The Bertz CT molecular complexity index is 358. The summed E-state index contributed by atoms with van der Waals surface area (Å²) in [6.07, 6.45) is 4.62. The van der Waals surface area contributed by atoms with Crippen molar-refractivity contribution in [3.8, 4) is 0 Å². The van der Waals surface area contributed by atoms with Crippen molar-refractivity contribution in [3.05, 3.63) is 21.9 Å². The van der Waals surface area contributed by atoms with E-state index in [1.165, 1.54) is 29.0 Å². The molecule has 2 unspecified atom stereocenters. The first-order valence-electron chi connectivity index (χ1n) is 5.50. The molecule has 1 aromatic rings. The second-order valence-electron chi connectivity index (χ2n) is 4.16. The molecule has 1 saturated carbocycles. The fourth-order valence-corrected chi connectivity index (χ4v) is 3.31. The van der Waals surface area contributed by atoms with Crippen LogP contribution in [0.1, 0.15) is 41.9 Å². The predicted octanol–water partition coefficient (Wildman–Crippen LogP) is 3.96. The molecule has 0 bridgehead atoms. The third-order valence-corrected chi connectivity index (χ3v) is 4.46. The number of rotatable bonds is 5. The zero-order chi connectivity index (χ0) is 10.8. The Morgan fingerprint density at radius 1 is 1.60 bits per heavy atom. The second kappa shape index (κ2) is 4.67. The number of halogens is 1. The minimum Gasteiger partial charge on any atom is -0.281 e. The molecular formula is C12H15ClOS. The molecule has 0 saturated heterocycles. The van der Waals surface area contributed by atoms with Crippen LogP contribution in [0, 0.1) is 5.92 Å². The number of carbonyl (C=O) groups is 1. The molecule has 0 aromatic carbocycles. The number of hydrogen-bond acceptors (Lipinski definition) is 2. The van der Waals surface area contributed by atoms with Crippen LogP contribution in [0.15, 0.2) is 12.1 Å². The Labute approximate surface area is 99.5 Å². The molecule has 0 radical (unpaired) electrons. The lowest BCUT2D eigenvalue weighted by atomic mass is 10.2. The fraction of sp³-hybridized carbons (Fsp3) is 0.583. The van der Waals surface area contributed by atoms with Crippen LogP contribution < -0.4 is 0 Å². The van der Waals surface area contributed by atoms with E-state index in [0.717, 1.165) is 6.42 Å². The molecule has 0 spiro atoms. The number of thiophene rings is 1. The van der Waals surface area contributed by atoms with Gasteiger partial charge in [0.25, 0.3) is 0 Å². The lowest BCUT2D eigenvalue weighted by Gasteiger charge is -1.93. The summed E-state index contributed by atoms with van der Waals surface area (Å²) in [5.74, 6) is 0.528. The van der Waals surface area contributed by atoms with Gasteiger partial charge in [0, 0.05) is 21.6 Å². The molecule has 15 heavy (non-hydrogen) atoms. The highest BCUT2D eigenvalue weighted by Gasteiger charge is 2.43.